The van der Waals surface area contributed by atoms with Gasteiger partial charge in [-0.25, -0.2) is 22.3 Å². The van der Waals surface area contributed by atoms with Crippen molar-refractivity contribution in [1.29, 1.82) is 0 Å². The highest BCUT2D eigenvalue weighted by atomic mass is 32.2. The Bertz CT molecular complexity index is 896. The van der Waals surface area contributed by atoms with Gasteiger partial charge in [0.15, 0.2) is 0 Å². The van der Waals surface area contributed by atoms with E-state index in [0.29, 0.717) is 24.9 Å². The lowest BCUT2D eigenvalue weighted by atomic mass is 9.94. The van der Waals surface area contributed by atoms with Crippen molar-refractivity contribution >= 4 is 33.1 Å². The van der Waals surface area contributed by atoms with Crippen molar-refractivity contribution in [3.8, 4) is 0 Å². The minimum atomic E-state index is -3.57. The van der Waals surface area contributed by atoms with E-state index < -0.39 is 21.9 Å². The summed E-state index contributed by atoms with van der Waals surface area (Å²) in [6, 6.07) is 8.45. The predicted octanol–water partition coefficient (Wildman–Crippen LogP) is 4.03. The number of anilines is 1. The van der Waals surface area contributed by atoms with Crippen LogP contribution in [0.3, 0.4) is 0 Å². The Morgan fingerprint density at radius 2 is 1.93 bits per heavy atom. The van der Waals surface area contributed by atoms with E-state index in [4.69, 9.17) is 4.74 Å². The van der Waals surface area contributed by atoms with Crippen LogP contribution in [0.25, 0.3) is 0 Å². The fourth-order valence-electron chi connectivity index (χ4n) is 3.02. The Morgan fingerprint density at radius 3 is 2.59 bits per heavy atom. The number of nitrogens with one attached hydrogen (secondary N) is 2. The lowest BCUT2D eigenvalue weighted by Crippen LogP contribution is -2.41. The molecule has 0 spiro atoms. The molecule has 1 amide bonds. The highest BCUT2D eigenvalue weighted by molar-refractivity contribution is 7.91. The monoisotopic (exact) mass is 412 g/mol. The molecule has 2 N–H and O–H groups in total. The van der Waals surface area contributed by atoms with E-state index in [-0.39, 0.29) is 16.4 Å². The number of hydrogen-bond donors (Lipinski definition) is 2. The first-order valence-electron chi connectivity index (χ1n) is 8.64. The summed E-state index contributed by atoms with van der Waals surface area (Å²) < 4.78 is 46.2. The minimum absolute atomic E-state index is 0.283. The van der Waals surface area contributed by atoms with E-state index in [0.717, 1.165) is 11.3 Å². The van der Waals surface area contributed by atoms with Crippen molar-refractivity contribution in [1.82, 2.24) is 4.72 Å². The van der Waals surface area contributed by atoms with Gasteiger partial charge >= 0.3 is 6.09 Å². The molecular formula is C18H21FN2O4S2. The first kappa shape index (κ1) is 19.8. The van der Waals surface area contributed by atoms with Crippen LogP contribution in [0.1, 0.15) is 30.6 Å². The van der Waals surface area contributed by atoms with Crippen LogP contribution in [0.15, 0.2) is 40.6 Å². The Morgan fingerprint density at radius 1 is 1.19 bits per heavy atom. The molecule has 0 bridgehead atoms. The molecule has 1 aromatic heterocycles. The Kier molecular flexibility index (Phi) is 6.13. The summed E-state index contributed by atoms with van der Waals surface area (Å²) in [7, 11) is -3.57. The van der Waals surface area contributed by atoms with E-state index in [2.05, 4.69) is 10.0 Å². The molecule has 1 heterocycles. The van der Waals surface area contributed by atoms with Gasteiger partial charge in [0.2, 0.25) is 10.0 Å². The molecule has 2 unspecified atom stereocenters. The number of halogens is 1. The first-order valence-corrected chi connectivity index (χ1v) is 10.9. The van der Waals surface area contributed by atoms with Crippen LogP contribution < -0.4 is 10.0 Å². The second-order valence-electron chi connectivity index (χ2n) is 6.51. The molecule has 1 aromatic carbocycles. The zero-order valence-electron chi connectivity index (χ0n) is 14.8. The number of amides is 1. The number of benzene rings is 1. The second-order valence-corrected chi connectivity index (χ2v) is 9.74. The van der Waals surface area contributed by atoms with E-state index in [9.17, 15) is 17.6 Å². The summed E-state index contributed by atoms with van der Waals surface area (Å²) in [6.07, 6.45) is 1.53. The zero-order chi connectivity index (χ0) is 19.4. The molecule has 1 saturated carbocycles. The fraction of sp³-hybridized carbons (Fsp3) is 0.389. The van der Waals surface area contributed by atoms with Gasteiger partial charge in [0.25, 0.3) is 0 Å². The Hall–Kier alpha value is -1.97. The third-order valence-electron chi connectivity index (χ3n) is 4.29. The van der Waals surface area contributed by atoms with Crippen LogP contribution in [0.2, 0.25) is 0 Å². The van der Waals surface area contributed by atoms with Crippen LogP contribution in [0, 0.1) is 12.7 Å². The van der Waals surface area contributed by atoms with Crippen molar-refractivity contribution in [3.63, 3.8) is 0 Å². The summed E-state index contributed by atoms with van der Waals surface area (Å²) in [6.45, 7) is 1.86. The lowest BCUT2D eigenvalue weighted by molar-refractivity contribution is 0.0793. The molecule has 0 saturated heterocycles. The van der Waals surface area contributed by atoms with Crippen LogP contribution in [-0.4, -0.2) is 26.7 Å². The first-order chi connectivity index (χ1) is 12.8. The molecule has 2 atom stereocenters. The van der Waals surface area contributed by atoms with Crippen LogP contribution >= 0.6 is 11.3 Å². The van der Waals surface area contributed by atoms with Crippen molar-refractivity contribution in [3.05, 3.63) is 47.1 Å². The third-order valence-corrected chi connectivity index (χ3v) is 7.31. The SMILES string of the molecule is Cc1ccc(S(=O)(=O)NC2CCCC(OC(=O)Nc3ccc(F)cc3)C2)s1. The molecule has 1 aliphatic carbocycles. The van der Waals surface area contributed by atoms with Crippen molar-refractivity contribution < 1.29 is 22.3 Å². The summed E-state index contributed by atoms with van der Waals surface area (Å²) in [5.41, 5.74) is 0.433. The van der Waals surface area contributed by atoms with Gasteiger partial charge in [-0.15, -0.1) is 11.3 Å². The van der Waals surface area contributed by atoms with Gasteiger partial charge in [0.05, 0.1) is 0 Å². The van der Waals surface area contributed by atoms with Gasteiger partial charge < -0.3 is 4.74 Å². The zero-order valence-corrected chi connectivity index (χ0v) is 16.4. The molecule has 9 heteroatoms. The maximum Gasteiger partial charge on any atom is 0.411 e. The molecular weight excluding hydrogens is 391 g/mol. The largest absolute Gasteiger partial charge is 0.446 e. The fourth-order valence-corrected chi connectivity index (χ4v) is 5.61. The van der Waals surface area contributed by atoms with Gasteiger partial charge in [-0.2, -0.15) is 0 Å². The van der Waals surface area contributed by atoms with Gasteiger partial charge in [0, 0.05) is 23.0 Å². The number of carbonyl (C=O) groups is 1. The average molecular weight is 413 g/mol. The van der Waals surface area contributed by atoms with Gasteiger partial charge in [-0.05, 0) is 62.6 Å². The highest BCUT2D eigenvalue weighted by Crippen LogP contribution is 2.25. The quantitative estimate of drug-likeness (QED) is 0.776. The number of sulfonamides is 1. The number of ether oxygens (including phenoxy) is 1. The molecule has 6 nitrogen and oxygen atoms in total. The lowest BCUT2D eigenvalue weighted by Gasteiger charge is -2.29. The number of aryl methyl sites for hydroxylation is 1. The van der Waals surface area contributed by atoms with E-state index in [1.807, 2.05) is 6.92 Å². The summed E-state index contributed by atoms with van der Waals surface area (Å²) in [5, 5.41) is 2.54. The predicted molar refractivity (Wildman–Crippen MR) is 102 cm³/mol. The summed E-state index contributed by atoms with van der Waals surface area (Å²) in [5.74, 6) is -0.391. The van der Waals surface area contributed by atoms with E-state index in [1.165, 1.54) is 35.6 Å². The molecule has 27 heavy (non-hydrogen) atoms. The Labute approximate surface area is 161 Å². The topological polar surface area (TPSA) is 84.5 Å². The number of carbonyl (C=O) groups excluding carboxylic acids is 1. The average Bonchev–Trinajstić information content (AvgIpc) is 3.04. The maximum atomic E-state index is 12.9. The number of hydrogen-bond acceptors (Lipinski definition) is 5. The normalized spacial score (nSPS) is 20.2. The van der Waals surface area contributed by atoms with Crippen LogP contribution in [0.4, 0.5) is 14.9 Å². The number of thiophene rings is 1. The van der Waals surface area contributed by atoms with Gasteiger partial charge in [-0.3, -0.25) is 5.32 Å². The maximum absolute atomic E-state index is 12.9. The summed E-state index contributed by atoms with van der Waals surface area (Å²) >= 11 is 1.22. The van der Waals surface area contributed by atoms with Crippen molar-refractivity contribution in [2.45, 2.75) is 49.0 Å². The molecule has 3 rings (SSSR count). The van der Waals surface area contributed by atoms with Crippen LogP contribution in [-0.2, 0) is 14.8 Å². The molecule has 0 aliphatic heterocycles. The molecule has 146 valence electrons. The number of rotatable bonds is 5. The van der Waals surface area contributed by atoms with Crippen LogP contribution in [0.5, 0.6) is 0 Å². The van der Waals surface area contributed by atoms with Gasteiger partial charge in [-0.1, -0.05) is 0 Å². The standard InChI is InChI=1S/C18H21FN2O4S2/c1-12-5-10-17(26-12)27(23,24)21-15-3-2-4-16(11-15)25-18(22)20-14-8-6-13(19)7-9-14/h5-10,15-16,21H,2-4,11H2,1H3,(H,20,22). The third kappa shape index (κ3) is 5.50. The molecule has 2 aromatic rings. The van der Waals surface area contributed by atoms with E-state index in [1.54, 1.807) is 12.1 Å². The van der Waals surface area contributed by atoms with Gasteiger partial charge in [0.1, 0.15) is 16.1 Å². The van der Waals surface area contributed by atoms with Crippen molar-refractivity contribution in [2.75, 3.05) is 5.32 Å². The minimum Gasteiger partial charge on any atom is -0.446 e. The molecule has 1 aliphatic rings. The Balaban J connectivity index is 1.54. The highest BCUT2D eigenvalue weighted by Gasteiger charge is 2.29. The van der Waals surface area contributed by atoms with E-state index >= 15 is 0 Å². The molecule has 1 fully saturated rings. The summed E-state index contributed by atoms with van der Waals surface area (Å²) in [4.78, 5) is 12.9. The smallest absolute Gasteiger partial charge is 0.411 e. The molecule has 0 radical (unpaired) electrons. The van der Waals surface area contributed by atoms with Crippen molar-refractivity contribution in [2.24, 2.45) is 0 Å². The second kappa shape index (κ2) is 8.37.